The molecule has 1 heterocycles. The molecule has 0 radical (unpaired) electrons. The largest absolute Gasteiger partial charge is 0.361 e. The van der Waals surface area contributed by atoms with Crippen LogP contribution in [0.15, 0.2) is 4.52 Å². The van der Waals surface area contributed by atoms with E-state index in [-0.39, 0.29) is 0 Å². The molecule has 1 aromatic rings. The van der Waals surface area contributed by atoms with Crippen molar-refractivity contribution in [1.29, 1.82) is 0 Å². The van der Waals surface area contributed by atoms with E-state index in [1.165, 1.54) is 5.56 Å². The van der Waals surface area contributed by atoms with Gasteiger partial charge in [-0.2, -0.15) is 0 Å². The van der Waals surface area contributed by atoms with Gasteiger partial charge in [-0.25, -0.2) is 0 Å². The molecule has 0 aliphatic heterocycles. The molecule has 3 heteroatoms. The number of hydrogen-bond donors (Lipinski definition) is 0. The maximum absolute atomic E-state index is 5.15. The van der Waals surface area contributed by atoms with Crippen LogP contribution in [0.2, 0.25) is 0 Å². The Labute approximate surface area is 75.1 Å². The molecule has 0 bridgehead atoms. The number of halogens is 1. The van der Waals surface area contributed by atoms with Gasteiger partial charge in [0, 0.05) is 17.3 Å². The average Bonchev–Trinajstić information content (AvgIpc) is 2.33. The number of alkyl halides is 1. The van der Waals surface area contributed by atoms with E-state index in [0.29, 0.717) is 0 Å². The Morgan fingerprint density at radius 1 is 1.55 bits per heavy atom. The normalized spacial score (nSPS) is 10.5. The van der Waals surface area contributed by atoms with E-state index in [0.717, 1.165) is 29.6 Å². The van der Waals surface area contributed by atoms with Gasteiger partial charge in [0.1, 0.15) is 5.76 Å². The van der Waals surface area contributed by atoms with Crippen LogP contribution in [0, 0.1) is 6.92 Å². The van der Waals surface area contributed by atoms with Crippen LogP contribution < -0.4 is 0 Å². The van der Waals surface area contributed by atoms with Gasteiger partial charge in [0.15, 0.2) is 0 Å². The second kappa shape index (κ2) is 3.90. The van der Waals surface area contributed by atoms with Crippen LogP contribution in [0.4, 0.5) is 0 Å². The lowest BCUT2D eigenvalue weighted by atomic mass is 10.1. The Morgan fingerprint density at radius 2 is 2.27 bits per heavy atom. The van der Waals surface area contributed by atoms with E-state index in [4.69, 9.17) is 4.52 Å². The number of aromatic nitrogens is 1. The first-order valence-electron chi connectivity index (χ1n) is 3.79. The molecule has 2 nitrogen and oxygen atoms in total. The topological polar surface area (TPSA) is 26.0 Å². The molecule has 0 saturated heterocycles. The van der Waals surface area contributed by atoms with E-state index < -0.39 is 0 Å². The molecule has 11 heavy (non-hydrogen) atoms. The second-order valence-electron chi connectivity index (χ2n) is 2.55. The van der Waals surface area contributed by atoms with Gasteiger partial charge in [-0.05, 0) is 13.3 Å². The highest BCUT2D eigenvalue weighted by atomic mass is 79.9. The zero-order valence-electron chi connectivity index (χ0n) is 6.85. The van der Waals surface area contributed by atoms with E-state index in [1.54, 1.807) is 0 Å². The van der Waals surface area contributed by atoms with Crippen molar-refractivity contribution in [2.75, 3.05) is 0 Å². The van der Waals surface area contributed by atoms with Crippen LogP contribution in [-0.2, 0) is 11.8 Å². The summed E-state index contributed by atoms with van der Waals surface area (Å²) < 4.78 is 5.15. The standard InChI is InChI=1S/C8H12BrNO/c1-3-4-8-7(5-9)6(2)10-11-8/h3-5H2,1-2H3. The van der Waals surface area contributed by atoms with Crippen molar-refractivity contribution in [3.05, 3.63) is 17.0 Å². The van der Waals surface area contributed by atoms with Crippen LogP contribution in [-0.4, -0.2) is 5.16 Å². The van der Waals surface area contributed by atoms with Gasteiger partial charge in [0.2, 0.25) is 0 Å². The highest BCUT2D eigenvalue weighted by Crippen LogP contribution is 2.17. The van der Waals surface area contributed by atoms with Gasteiger partial charge < -0.3 is 4.52 Å². The summed E-state index contributed by atoms with van der Waals surface area (Å²) in [6, 6.07) is 0. The molecule has 0 N–H and O–H groups in total. The Hall–Kier alpha value is -0.310. The number of nitrogens with zero attached hydrogens (tertiary/aromatic N) is 1. The van der Waals surface area contributed by atoms with Crippen molar-refractivity contribution in [3.63, 3.8) is 0 Å². The summed E-state index contributed by atoms with van der Waals surface area (Å²) in [5.41, 5.74) is 2.22. The molecule has 1 rings (SSSR count). The van der Waals surface area contributed by atoms with Crippen molar-refractivity contribution in [3.8, 4) is 0 Å². The van der Waals surface area contributed by atoms with E-state index >= 15 is 0 Å². The Morgan fingerprint density at radius 3 is 2.82 bits per heavy atom. The summed E-state index contributed by atoms with van der Waals surface area (Å²) in [6.07, 6.45) is 2.09. The molecular weight excluding hydrogens is 206 g/mol. The smallest absolute Gasteiger partial charge is 0.141 e. The molecule has 0 aromatic carbocycles. The third-order valence-electron chi connectivity index (χ3n) is 1.68. The van der Waals surface area contributed by atoms with Crippen LogP contribution in [0.5, 0.6) is 0 Å². The van der Waals surface area contributed by atoms with Crippen molar-refractivity contribution in [2.24, 2.45) is 0 Å². The van der Waals surface area contributed by atoms with Gasteiger partial charge >= 0.3 is 0 Å². The average molecular weight is 218 g/mol. The molecule has 0 unspecified atom stereocenters. The van der Waals surface area contributed by atoms with Crippen molar-refractivity contribution in [2.45, 2.75) is 32.0 Å². The zero-order chi connectivity index (χ0) is 8.27. The predicted octanol–water partition coefficient (Wildman–Crippen LogP) is 2.83. The van der Waals surface area contributed by atoms with Crippen molar-refractivity contribution in [1.82, 2.24) is 5.16 Å². The van der Waals surface area contributed by atoms with Gasteiger partial charge in [0.05, 0.1) is 5.69 Å². The molecule has 1 aromatic heterocycles. The first-order chi connectivity index (χ1) is 5.29. The number of rotatable bonds is 3. The van der Waals surface area contributed by atoms with Crippen molar-refractivity contribution < 1.29 is 4.52 Å². The summed E-state index contributed by atoms with van der Waals surface area (Å²) in [6.45, 7) is 4.11. The Bertz CT molecular complexity index is 232. The van der Waals surface area contributed by atoms with Crippen molar-refractivity contribution >= 4 is 15.9 Å². The number of aryl methyl sites for hydroxylation is 2. The highest BCUT2D eigenvalue weighted by molar-refractivity contribution is 9.08. The maximum atomic E-state index is 5.15. The lowest BCUT2D eigenvalue weighted by Gasteiger charge is -1.93. The molecule has 0 fully saturated rings. The lowest BCUT2D eigenvalue weighted by molar-refractivity contribution is 0.377. The first-order valence-corrected chi connectivity index (χ1v) is 4.91. The molecule has 0 aliphatic carbocycles. The Balaban J connectivity index is 2.86. The molecule has 0 amide bonds. The Kier molecular flexibility index (Phi) is 3.12. The fourth-order valence-corrected chi connectivity index (χ4v) is 1.75. The minimum Gasteiger partial charge on any atom is -0.361 e. The molecule has 62 valence electrons. The summed E-state index contributed by atoms with van der Waals surface area (Å²) in [5.74, 6) is 1.03. The van der Waals surface area contributed by atoms with Gasteiger partial charge in [-0.1, -0.05) is 28.0 Å². The number of hydrogen-bond acceptors (Lipinski definition) is 2. The predicted molar refractivity (Wildman–Crippen MR) is 47.9 cm³/mol. The highest BCUT2D eigenvalue weighted by Gasteiger charge is 2.09. The lowest BCUT2D eigenvalue weighted by Crippen LogP contribution is -1.86. The van der Waals surface area contributed by atoms with Gasteiger partial charge in [0.25, 0.3) is 0 Å². The monoisotopic (exact) mass is 217 g/mol. The zero-order valence-corrected chi connectivity index (χ0v) is 8.44. The minimum atomic E-state index is 0.845. The van der Waals surface area contributed by atoms with Gasteiger partial charge in [-0.3, -0.25) is 0 Å². The summed E-state index contributed by atoms with van der Waals surface area (Å²) in [5, 5.41) is 4.75. The SMILES string of the molecule is CCCc1onc(C)c1CBr. The van der Waals surface area contributed by atoms with Crippen LogP contribution in [0.25, 0.3) is 0 Å². The molecule has 0 aliphatic rings. The first kappa shape index (κ1) is 8.78. The van der Waals surface area contributed by atoms with Crippen LogP contribution in [0.1, 0.15) is 30.4 Å². The quantitative estimate of drug-likeness (QED) is 0.729. The van der Waals surface area contributed by atoms with Crippen LogP contribution in [0.3, 0.4) is 0 Å². The van der Waals surface area contributed by atoms with Gasteiger partial charge in [-0.15, -0.1) is 0 Å². The molecular formula is C8H12BrNO. The molecule has 0 atom stereocenters. The third-order valence-corrected chi connectivity index (χ3v) is 2.24. The second-order valence-corrected chi connectivity index (χ2v) is 3.11. The summed E-state index contributed by atoms with van der Waals surface area (Å²) >= 11 is 3.41. The molecule has 0 saturated carbocycles. The summed E-state index contributed by atoms with van der Waals surface area (Å²) in [4.78, 5) is 0. The van der Waals surface area contributed by atoms with E-state index in [1.807, 2.05) is 6.92 Å². The third kappa shape index (κ3) is 1.83. The van der Waals surface area contributed by atoms with E-state index in [9.17, 15) is 0 Å². The minimum absolute atomic E-state index is 0.845. The fraction of sp³-hybridized carbons (Fsp3) is 0.625. The maximum Gasteiger partial charge on any atom is 0.141 e. The fourth-order valence-electron chi connectivity index (χ4n) is 1.03. The van der Waals surface area contributed by atoms with E-state index in [2.05, 4.69) is 28.0 Å². The molecule has 0 spiro atoms. The summed E-state index contributed by atoms with van der Waals surface area (Å²) in [7, 11) is 0. The van der Waals surface area contributed by atoms with Crippen LogP contribution >= 0.6 is 15.9 Å².